The average molecular weight is 162 g/mol. The summed E-state index contributed by atoms with van der Waals surface area (Å²) >= 11 is 0. The van der Waals surface area contributed by atoms with Crippen molar-refractivity contribution in [2.24, 2.45) is 0 Å². The molecule has 1 rings (SSSR count). The first kappa shape index (κ1) is 8.45. The number of aliphatic carboxylic acids is 1. The van der Waals surface area contributed by atoms with Gasteiger partial charge in [0, 0.05) is 6.42 Å². The fraction of sp³-hybridized carbons (Fsp3) is 0.833. The Balaban J connectivity index is 2.71. The molecule has 5 heteroatoms. The van der Waals surface area contributed by atoms with Gasteiger partial charge in [-0.05, 0) is 6.92 Å². The summed E-state index contributed by atoms with van der Waals surface area (Å²) in [4.78, 5) is 10.3. The molecule has 3 atom stereocenters. The van der Waals surface area contributed by atoms with E-state index in [1.165, 1.54) is 6.92 Å². The summed E-state index contributed by atoms with van der Waals surface area (Å²) in [6.07, 6.45) is -1.81. The van der Waals surface area contributed by atoms with Crippen LogP contribution in [0.15, 0.2) is 0 Å². The lowest BCUT2D eigenvalue weighted by atomic mass is 10.1. The fourth-order valence-electron chi connectivity index (χ4n) is 1.02. The number of rotatable bonds is 1. The van der Waals surface area contributed by atoms with Crippen LogP contribution < -0.4 is 0 Å². The Morgan fingerprint density at radius 2 is 2.27 bits per heavy atom. The average Bonchev–Trinajstić information content (AvgIpc) is 2.09. The molecule has 64 valence electrons. The minimum atomic E-state index is -2.20. The molecular weight excluding hydrogens is 152 g/mol. The molecule has 11 heavy (non-hydrogen) atoms. The first-order valence-electron chi connectivity index (χ1n) is 3.27. The minimum Gasteiger partial charge on any atom is -0.477 e. The number of carboxylic acids is 1. The molecule has 1 aliphatic heterocycles. The maximum Gasteiger partial charge on any atom is 0.364 e. The summed E-state index contributed by atoms with van der Waals surface area (Å²) in [5.74, 6) is -3.65. The van der Waals surface area contributed by atoms with Crippen LogP contribution in [0.4, 0.5) is 0 Å². The Bertz CT molecular complexity index is 168. The number of hydrogen-bond donors (Lipinski definition) is 3. The Morgan fingerprint density at radius 3 is 2.45 bits per heavy atom. The normalized spacial score (nSPS) is 44.3. The van der Waals surface area contributed by atoms with Crippen molar-refractivity contribution < 1.29 is 24.9 Å². The summed E-state index contributed by atoms with van der Waals surface area (Å²) in [7, 11) is 0. The van der Waals surface area contributed by atoms with Crippen molar-refractivity contribution in [1.82, 2.24) is 0 Å². The van der Waals surface area contributed by atoms with Crippen molar-refractivity contribution in [3.63, 3.8) is 0 Å². The van der Waals surface area contributed by atoms with Crippen LogP contribution in [-0.4, -0.2) is 39.3 Å². The maximum absolute atomic E-state index is 10.3. The van der Waals surface area contributed by atoms with Crippen LogP contribution >= 0.6 is 0 Å². The highest BCUT2D eigenvalue weighted by molar-refractivity contribution is 5.75. The molecule has 0 saturated carbocycles. The van der Waals surface area contributed by atoms with Gasteiger partial charge in [0.25, 0.3) is 5.79 Å². The first-order chi connectivity index (χ1) is 4.96. The van der Waals surface area contributed by atoms with E-state index in [2.05, 4.69) is 4.74 Å². The zero-order valence-electron chi connectivity index (χ0n) is 6.02. The third-order valence-electron chi connectivity index (χ3n) is 1.74. The molecule has 0 spiro atoms. The largest absolute Gasteiger partial charge is 0.477 e. The zero-order chi connectivity index (χ0) is 8.65. The lowest BCUT2D eigenvalue weighted by molar-refractivity contribution is -0.215. The summed E-state index contributed by atoms with van der Waals surface area (Å²) in [6, 6.07) is 0. The summed E-state index contributed by atoms with van der Waals surface area (Å²) in [5.41, 5.74) is 0. The van der Waals surface area contributed by atoms with Crippen LogP contribution in [0.5, 0.6) is 0 Å². The Labute approximate surface area is 63.2 Å². The molecule has 0 bridgehead atoms. The second-order valence-corrected chi connectivity index (χ2v) is 2.68. The summed E-state index contributed by atoms with van der Waals surface area (Å²) < 4.78 is 4.63. The highest BCUT2D eigenvalue weighted by atomic mass is 16.7. The molecule has 0 aromatic rings. The molecule has 0 amide bonds. The summed E-state index contributed by atoms with van der Waals surface area (Å²) in [5, 5.41) is 26.6. The van der Waals surface area contributed by atoms with Crippen LogP contribution in [0, 0.1) is 0 Å². The molecule has 1 fully saturated rings. The first-order valence-corrected chi connectivity index (χ1v) is 3.27. The van der Waals surface area contributed by atoms with E-state index in [1.807, 2.05) is 0 Å². The Hall–Kier alpha value is -0.650. The van der Waals surface area contributed by atoms with E-state index < -0.39 is 24.0 Å². The quantitative estimate of drug-likeness (QED) is 0.457. The SMILES string of the molecule is C[C@@H]1O[C@](O)(C(=O)O)C[C@@H]1O. The molecule has 0 radical (unpaired) electrons. The van der Waals surface area contributed by atoms with Crippen molar-refractivity contribution in [2.75, 3.05) is 0 Å². The van der Waals surface area contributed by atoms with Gasteiger partial charge in [0.15, 0.2) is 0 Å². The van der Waals surface area contributed by atoms with Gasteiger partial charge in [-0.3, -0.25) is 0 Å². The predicted octanol–water partition coefficient (Wildman–Crippen LogP) is -1.07. The fourth-order valence-corrected chi connectivity index (χ4v) is 1.02. The van der Waals surface area contributed by atoms with Gasteiger partial charge in [-0.25, -0.2) is 4.79 Å². The number of carbonyl (C=O) groups is 1. The second kappa shape index (κ2) is 2.44. The highest BCUT2D eigenvalue weighted by Gasteiger charge is 2.48. The van der Waals surface area contributed by atoms with Gasteiger partial charge >= 0.3 is 5.97 Å². The molecular formula is C6H10O5. The van der Waals surface area contributed by atoms with E-state index in [4.69, 9.17) is 15.3 Å². The van der Waals surface area contributed by atoms with E-state index in [9.17, 15) is 4.79 Å². The van der Waals surface area contributed by atoms with Crippen LogP contribution in [-0.2, 0) is 9.53 Å². The predicted molar refractivity (Wildman–Crippen MR) is 33.8 cm³/mol. The van der Waals surface area contributed by atoms with Crippen molar-refractivity contribution in [1.29, 1.82) is 0 Å². The monoisotopic (exact) mass is 162 g/mol. The van der Waals surface area contributed by atoms with Gasteiger partial charge in [-0.15, -0.1) is 0 Å². The van der Waals surface area contributed by atoms with Gasteiger partial charge < -0.3 is 20.1 Å². The molecule has 1 aliphatic rings. The van der Waals surface area contributed by atoms with Crippen molar-refractivity contribution in [3.8, 4) is 0 Å². The minimum absolute atomic E-state index is 0.274. The lowest BCUT2D eigenvalue weighted by Gasteiger charge is -2.15. The van der Waals surface area contributed by atoms with E-state index in [-0.39, 0.29) is 6.42 Å². The number of aliphatic hydroxyl groups excluding tert-OH is 1. The smallest absolute Gasteiger partial charge is 0.364 e. The van der Waals surface area contributed by atoms with Crippen LogP contribution in [0.2, 0.25) is 0 Å². The Kier molecular flexibility index (Phi) is 1.87. The van der Waals surface area contributed by atoms with Gasteiger partial charge in [-0.2, -0.15) is 0 Å². The van der Waals surface area contributed by atoms with Gasteiger partial charge in [-0.1, -0.05) is 0 Å². The van der Waals surface area contributed by atoms with Crippen molar-refractivity contribution in [3.05, 3.63) is 0 Å². The molecule has 3 N–H and O–H groups in total. The molecule has 0 unspecified atom stereocenters. The van der Waals surface area contributed by atoms with E-state index in [0.29, 0.717) is 0 Å². The van der Waals surface area contributed by atoms with Gasteiger partial charge in [0.2, 0.25) is 0 Å². The zero-order valence-corrected chi connectivity index (χ0v) is 6.02. The Morgan fingerprint density at radius 1 is 1.73 bits per heavy atom. The third-order valence-corrected chi connectivity index (χ3v) is 1.74. The topological polar surface area (TPSA) is 87.0 Å². The summed E-state index contributed by atoms with van der Waals surface area (Å²) in [6.45, 7) is 1.51. The van der Waals surface area contributed by atoms with E-state index >= 15 is 0 Å². The van der Waals surface area contributed by atoms with E-state index in [0.717, 1.165) is 0 Å². The standard InChI is InChI=1S/C6H10O5/c1-3-4(7)2-6(10,11-3)5(8)9/h3-4,7,10H,2H2,1H3,(H,8,9)/t3-,4-,6-/m0/s1. The molecule has 0 aromatic carbocycles. The van der Waals surface area contributed by atoms with Crippen molar-refractivity contribution >= 4 is 5.97 Å². The number of hydrogen-bond acceptors (Lipinski definition) is 4. The lowest BCUT2D eigenvalue weighted by Crippen LogP contribution is -2.38. The number of carboxylic acid groups (broad SMARTS) is 1. The third kappa shape index (κ3) is 1.35. The van der Waals surface area contributed by atoms with Crippen LogP contribution in [0.1, 0.15) is 13.3 Å². The van der Waals surface area contributed by atoms with Gasteiger partial charge in [0.1, 0.15) is 0 Å². The highest BCUT2D eigenvalue weighted by Crippen LogP contribution is 2.28. The molecule has 0 aliphatic carbocycles. The van der Waals surface area contributed by atoms with Gasteiger partial charge in [0.05, 0.1) is 12.2 Å². The van der Waals surface area contributed by atoms with Crippen LogP contribution in [0.25, 0.3) is 0 Å². The molecule has 5 nitrogen and oxygen atoms in total. The maximum atomic E-state index is 10.3. The number of ether oxygens (including phenoxy) is 1. The number of aliphatic hydroxyl groups is 2. The molecule has 0 aromatic heterocycles. The molecule has 1 heterocycles. The molecule has 1 saturated heterocycles. The second-order valence-electron chi connectivity index (χ2n) is 2.68. The van der Waals surface area contributed by atoms with Crippen LogP contribution in [0.3, 0.4) is 0 Å². The van der Waals surface area contributed by atoms with Crippen molar-refractivity contribution in [2.45, 2.75) is 31.3 Å². The van der Waals surface area contributed by atoms with E-state index in [1.54, 1.807) is 0 Å².